The zero-order valence-corrected chi connectivity index (χ0v) is 12.2. The van der Waals surface area contributed by atoms with Crippen molar-refractivity contribution in [3.63, 3.8) is 0 Å². The third-order valence-electron chi connectivity index (χ3n) is 3.67. The van der Waals surface area contributed by atoms with Crippen LogP contribution in [0.5, 0.6) is 5.75 Å². The molecule has 1 saturated heterocycles. The molecule has 2 nitrogen and oxygen atoms in total. The monoisotopic (exact) mass is 327 g/mol. The summed E-state index contributed by atoms with van der Waals surface area (Å²) in [5, 5.41) is 3.13. The van der Waals surface area contributed by atoms with Crippen LogP contribution < -0.4 is 10.1 Å². The predicted molar refractivity (Wildman–Crippen MR) is 77.5 cm³/mol. The number of nitrogens with one attached hydrogen (secondary N) is 1. The second-order valence-corrected chi connectivity index (χ2v) is 5.61. The average molecular weight is 328 g/mol. The van der Waals surface area contributed by atoms with Crippen molar-refractivity contribution in [2.45, 2.75) is 6.10 Å². The number of hydrogen-bond donors (Lipinski definition) is 1. The lowest BCUT2D eigenvalue weighted by Crippen LogP contribution is -2.46. The summed E-state index contributed by atoms with van der Waals surface area (Å²) >= 11 is 5.82. The number of halogens is 4. The second kappa shape index (κ2) is 6.18. The SMILES string of the molecule is Fc1ccc(OC(c2ccc(F)c(Cl)c2)C2CNC2)cc1F. The highest BCUT2D eigenvalue weighted by atomic mass is 35.5. The molecule has 0 saturated carbocycles. The van der Waals surface area contributed by atoms with Gasteiger partial charge in [-0.15, -0.1) is 0 Å². The van der Waals surface area contributed by atoms with Crippen LogP contribution in [0, 0.1) is 23.4 Å². The smallest absolute Gasteiger partial charge is 0.162 e. The summed E-state index contributed by atoms with van der Waals surface area (Å²) in [7, 11) is 0. The van der Waals surface area contributed by atoms with Crippen LogP contribution >= 0.6 is 11.6 Å². The van der Waals surface area contributed by atoms with Crippen LogP contribution in [-0.2, 0) is 0 Å². The van der Waals surface area contributed by atoms with Crippen LogP contribution in [0.1, 0.15) is 11.7 Å². The van der Waals surface area contributed by atoms with Crippen LogP contribution in [-0.4, -0.2) is 13.1 Å². The Bertz CT molecular complexity index is 691. The molecule has 1 heterocycles. The molecule has 1 aliphatic rings. The van der Waals surface area contributed by atoms with Gasteiger partial charge in [0.15, 0.2) is 11.6 Å². The average Bonchev–Trinajstić information content (AvgIpc) is 2.43. The lowest BCUT2D eigenvalue weighted by Gasteiger charge is -2.35. The third-order valence-corrected chi connectivity index (χ3v) is 3.96. The van der Waals surface area contributed by atoms with Gasteiger partial charge in [-0.2, -0.15) is 0 Å². The molecule has 6 heteroatoms. The highest BCUT2D eigenvalue weighted by molar-refractivity contribution is 6.30. The number of benzene rings is 2. The zero-order chi connectivity index (χ0) is 15.7. The van der Waals surface area contributed by atoms with E-state index in [1.165, 1.54) is 18.2 Å². The normalized spacial score (nSPS) is 16.2. The van der Waals surface area contributed by atoms with Gasteiger partial charge in [0, 0.05) is 25.1 Å². The van der Waals surface area contributed by atoms with E-state index < -0.39 is 23.6 Å². The lowest BCUT2D eigenvalue weighted by molar-refractivity contribution is 0.0987. The van der Waals surface area contributed by atoms with Crippen LogP contribution in [0.4, 0.5) is 13.2 Å². The molecule has 0 bridgehead atoms. The van der Waals surface area contributed by atoms with Crippen molar-refractivity contribution in [1.82, 2.24) is 5.32 Å². The predicted octanol–water partition coefficient (Wildman–Crippen LogP) is 4.10. The first-order chi connectivity index (χ1) is 10.5. The van der Waals surface area contributed by atoms with E-state index in [2.05, 4.69) is 5.32 Å². The van der Waals surface area contributed by atoms with E-state index >= 15 is 0 Å². The minimum Gasteiger partial charge on any atom is -0.485 e. The first-order valence-corrected chi connectivity index (χ1v) is 7.20. The molecule has 2 aromatic carbocycles. The van der Waals surface area contributed by atoms with Gasteiger partial charge in [-0.1, -0.05) is 17.7 Å². The molecule has 1 N–H and O–H groups in total. The van der Waals surface area contributed by atoms with Gasteiger partial charge < -0.3 is 10.1 Å². The topological polar surface area (TPSA) is 21.3 Å². The van der Waals surface area contributed by atoms with E-state index in [-0.39, 0.29) is 16.7 Å². The van der Waals surface area contributed by atoms with Crippen molar-refractivity contribution in [3.05, 3.63) is 64.4 Å². The van der Waals surface area contributed by atoms with Gasteiger partial charge in [-0.25, -0.2) is 13.2 Å². The van der Waals surface area contributed by atoms with Crippen molar-refractivity contribution in [3.8, 4) is 5.75 Å². The summed E-state index contributed by atoms with van der Waals surface area (Å²) in [4.78, 5) is 0. The quantitative estimate of drug-likeness (QED) is 0.913. The minimum atomic E-state index is -0.972. The fourth-order valence-electron chi connectivity index (χ4n) is 2.35. The molecule has 116 valence electrons. The Morgan fingerprint density at radius 2 is 1.73 bits per heavy atom. The fourth-order valence-corrected chi connectivity index (χ4v) is 2.54. The molecule has 0 aliphatic carbocycles. The fraction of sp³-hybridized carbons (Fsp3) is 0.250. The molecule has 2 aromatic rings. The largest absolute Gasteiger partial charge is 0.485 e. The molecular weight excluding hydrogens is 315 g/mol. The van der Waals surface area contributed by atoms with Crippen LogP contribution in [0.15, 0.2) is 36.4 Å². The van der Waals surface area contributed by atoms with Gasteiger partial charge in [0.2, 0.25) is 0 Å². The minimum absolute atomic E-state index is 0.00340. The van der Waals surface area contributed by atoms with E-state index in [4.69, 9.17) is 16.3 Å². The Morgan fingerprint density at radius 3 is 2.32 bits per heavy atom. The van der Waals surface area contributed by atoms with Gasteiger partial charge in [0.1, 0.15) is 17.7 Å². The van der Waals surface area contributed by atoms with Gasteiger partial charge in [-0.05, 0) is 29.8 Å². The van der Waals surface area contributed by atoms with E-state index in [0.717, 1.165) is 25.2 Å². The zero-order valence-electron chi connectivity index (χ0n) is 11.5. The summed E-state index contributed by atoms with van der Waals surface area (Å²) in [6.45, 7) is 1.45. The maximum Gasteiger partial charge on any atom is 0.162 e. The van der Waals surface area contributed by atoms with Crippen molar-refractivity contribution < 1.29 is 17.9 Å². The molecule has 1 unspecified atom stereocenters. The van der Waals surface area contributed by atoms with E-state index in [0.29, 0.717) is 5.56 Å². The first-order valence-electron chi connectivity index (χ1n) is 6.82. The Morgan fingerprint density at radius 1 is 1.00 bits per heavy atom. The Balaban J connectivity index is 1.89. The molecule has 0 amide bonds. The molecular formula is C16H13ClF3NO. The highest BCUT2D eigenvalue weighted by Crippen LogP contribution is 2.33. The van der Waals surface area contributed by atoms with Gasteiger partial charge in [-0.3, -0.25) is 0 Å². The standard InChI is InChI=1S/C16H13ClF3NO/c17-12-5-9(1-3-13(12)18)16(10-7-21-8-10)22-11-2-4-14(19)15(20)6-11/h1-6,10,16,21H,7-8H2. The van der Waals surface area contributed by atoms with Crippen LogP contribution in [0.2, 0.25) is 5.02 Å². The van der Waals surface area contributed by atoms with E-state index in [1.54, 1.807) is 6.07 Å². The number of rotatable bonds is 4. The Hall–Kier alpha value is -1.72. The number of hydrogen-bond acceptors (Lipinski definition) is 2. The maximum absolute atomic E-state index is 13.3. The highest BCUT2D eigenvalue weighted by Gasteiger charge is 2.30. The molecule has 0 radical (unpaired) electrons. The van der Waals surface area contributed by atoms with Gasteiger partial charge >= 0.3 is 0 Å². The molecule has 1 aliphatic heterocycles. The van der Waals surface area contributed by atoms with Gasteiger partial charge in [0.25, 0.3) is 0 Å². The summed E-state index contributed by atoms with van der Waals surface area (Å²) in [5.41, 5.74) is 0.697. The van der Waals surface area contributed by atoms with E-state index in [1.807, 2.05) is 0 Å². The first kappa shape index (κ1) is 15.2. The molecule has 1 atom stereocenters. The van der Waals surface area contributed by atoms with E-state index in [9.17, 15) is 13.2 Å². The van der Waals surface area contributed by atoms with Crippen LogP contribution in [0.25, 0.3) is 0 Å². The van der Waals surface area contributed by atoms with Crippen LogP contribution in [0.3, 0.4) is 0 Å². The summed E-state index contributed by atoms with van der Waals surface area (Å²) in [6, 6.07) is 7.73. The number of ether oxygens (including phenoxy) is 1. The molecule has 3 rings (SSSR count). The van der Waals surface area contributed by atoms with Crippen molar-refractivity contribution in [2.75, 3.05) is 13.1 Å². The summed E-state index contributed by atoms with van der Waals surface area (Å²) < 4.78 is 45.4. The molecule has 0 spiro atoms. The Kier molecular flexibility index (Phi) is 4.27. The van der Waals surface area contributed by atoms with Gasteiger partial charge in [0.05, 0.1) is 5.02 Å². The van der Waals surface area contributed by atoms with Crippen molar-refractivity contribution >= 4 is 11.6 Å². The molecule has 22 heavy (non-hydrogen) atoms. The second-order valence-electron chi connectivity index (χ2n) is 5.21. The summed E-state index contributed by atoms with van der Waals surface area (Å²) in [6.07, 6.45) is -0.413. The summed E-state index contributed by atoms with van der Waals surface area (Å²) in [5.74, 6) is -2.05. The lowest BCUT2D eigenvalue weighted by atomic mass is 9.91. The maximum atomic E-state index is 13.3. The van der Waals surface area contributed by atoms with Crippen molar-refractivity contribution in [2.24, 2.45) is 5.92 Å². The molecule has 0 aromatic heterocycles. The molecule has 1 fully saturated rings. The third kappa shape index (κ3) is 3.05. The Labute approximate surface area is 130 Å². The van der Waals surface area contributed by atoms with Crippen molar-refractivity contribution in [1.29, 1.82) is 0 Å².